The normalized spacial score (nSPS) is 9.31. The molecular weight excluding hydrogens is 171 g/mol. The summed E-state index contributed by atoms with van der Waals surface area (Å²) in [6.45, 7) is 1.55. The van der Waals surface area contributed by atoms with E-state index < -0.39 is 11.7 Å². The molecule has 13 heavy (non-hydrogen) atoms. The number of carbonyl (C=O) groups excluding carboxylic acids is 1. The molecule has 0 saturated carbocycles. The third kappa shape index (κ3) is 1.64. The highest BCUT2D eigenvalue weighted by Gasteiger charge is 2.10. The van der Waals surface area contributed by atoms with E-state index in [1.807, 2.05) is 0 Å². The van der Waals surface area contributed by atoms with Gasteiger partial charge >= 0.3 is 0 Å². The van der Waals surface area contributed by atoms with Crippen LogP contribution in [-0.4, -0.2) is 5.91 Å². The molecule has 0 aliphatic rings. The molecule has 0 fully saturated rings. The van der Waals surface area contributed by atoms with Crippen LogP contribution < -0.4 is 5.73 Å². The lowest BCUT2D eigenvalue weighted by molar-refractivity contribution is 0.0999. The summed E-state index contributed by atoms with van der Waals surface area (Å²) in [5, 5.41) is 8.58. The fraction of sp³-hybridized carbons (Fsp3) is 0.111. The molecule has 3 nitrogen and oxygen atoms in total. The molecule has 0 radical (unpaired) electrons. The van der Waals surface area contributed by atoms with Crippen molar-refractivity contribution in [2.75, 3.05) is 0 Å². The Hall–Kier alpha value is -1.89. The third-order valence-corrected chi connectivity index (χ3v) is 1.76. The minimum absolute atomic E-state index is 0.0524. The van der Waals surface area contributed by atoms with Crippen molar-refractivity contribution in [2.24, 2.45) is 5.73 Å². The van der Waals surface area contributed by atoms with Crippen molar-refractivity contribution >= 4 is 5.91 Å². The van der Waals surface area contributed by atoms with Crippen molar-refractivity contribution in [1.29, 1.82) is 5.26 Å². The Morgan fingerprint density at radius 3 is 2.69 bits per heavy atom. The number of rotatable bonds is 1. The van der Waals surface area contributed by atoms with Crippen molar-refractivity contribution in [1.82, 2.24) is 0 Å². The van der Waals surface area contributed by atoms with E-state index in [1.165, 1.54) is 0 Å². The van der Waals surface area contributed by atoms with Crippen LogP contribution in [0.4, 0.5) is 4.39 Å². The molecule has 0 aromatic heterocycles. The second kappa shape index (κ2) is 3.23. The van der Waals surface area contributed by atoms with Crippen molar-refractivity contribution in [2.45, 2.75) is 6.92 Å². The van der Waals surface area contributed by atoms with Gasteiger partial charge in [-0.05, 0) is 24.6 Å². The second-order valence-electron chi connectivity index (χ2n) is 2.60. The van der Waals surface area contributed by atoms with Gasteiger partial charge in [-0.3, -0.25) is 4.79 Å². The number of amides is 1. The van der Waals surface area contributed by atoms with E-state index in [1.54, 1.807) is 13.0 Å². The quantitative estimate of drug-likeness (QED) is 0.699. The number of carbonyl (C=O) groups is 1. The Balaban J connectivity index is 3.47. The maximum atomic E-state index is 12.8. The summed E-state index contributed by atoms with van der Waals surface area (Å²) < 4.78 is 12.8. The molecule has 0 unspecified atom stereocenters. The monoisotopic (exact) mass is 178 g/mol. The molecule has 0 aliphatic carbocycles. The van der Waals surface area contributed by atoms with Gasteiger partial charge in [-0.1, -0.05) is 0 Å². The minimum Gasteiger partial charge on any atom is -0.366 e. The van der Waals surface area contributed by atoms with Gasteiger partial charge in [-0.2, -0.15) is 5.26 Å². The minimum atomic E-state index is -0.728. The fourth-order valence-corrected chi connectivity index (χ4v) is 1.05. The summed E-state index contributed by atoms with van der Waals surface area (Å²) in [4.78, 5) is 10.8. The summed E-state index contributed by atoms with van der Waals surface area (Å²) in [6, 6.07) is 3.88. The van der Waals surface area contributed by atoms with E-state index in [4.69, 9.17) is 11.0 Å². The summed E-state index contributed by atoms with van der Waals surface area (Å²) in [5.74, 6) is -1.36. The number of primary amides is 1. The van der Waals surface area contributed by atoms with E-state index in [2.05, 4.69) is 0 Å². The molecule has 4 heteroatoms. The molecule has 1 rings (SSSR count). The van der Waals surface area contributed by atoms with Crippen molar-refractivity contribution in [3.8, 4) is 6.07 Å². The summed E-state index contributed by atoms with van der Waals surface area (Å²) in [5.41, 5.74) is 5.59. The number of nitrogens with zero attached hydrogens (tertiary/aromatic N) is 1. The Bertz CT molecular complexity index is 407. The van der Waals surface area contributed by atoms with Crippen molar-refractivity contribution in [3.05, 3.63) is 34.6 Å². The molecule has 1 aromatic rings. The molecule has 1 amide bonds. The van der Waals surface area contributed by atoms with Gasteiger partial charge in [0.15, 0.2) is 0 Å². The average Bonchev–Trinajstić information content (AvgIpc) is 2.08. The van der Waals surface area contributed by atoms with E-state index in [0.29, 0.717) is 5.56 Å². The molecule has 0 atom stereocenters. The van der Waals surface area contributed by atoms with Crippen molar-refractivity contribution in [3.63, 3.8) is 0 Å². The van der Waals surface area contributed by atoms with Crippen LogP contribution in [0, 0.1) is 24.1 Å². The van der Waals surface area contributed by atoms with Crippen LogP contribution in [0.2, 0.25) is 0 Å². The van der Waals surface area contributed by atoms with Crippen LogP contribution in [0.25, 0.3) is 0 Å². The van der Waals surface area contributed by atoms with Crippen LogP contribution in [-0.2, 0) is 0 Å². The lowest BCUT2D eigenvalue weighted by Crippen LogP contribution is -2.13. The number of hydrogen-bond acceptors (Lipinski definition) is 2. The Kier molecular flexibility index (Phi) is 2.29. The molecule has 0 bridgehead atoms. The first-order valence-electron chi connectivity index (χ1n) is 3.56. The first kappa shape index (κ1) is 9.20. The SMILES string of the molecule is Cc1c(C#N)cc(F)cc1C(N)=O. The van der Waals surface area contributed by atoms with Crippen LogP contribution in [0.15, 0.2) is 12.1 Å². The highest BCUT2D eigenvalue weighted by molar-refractivity contribution is 5.94. The van der Waals surface area contributed by atoms with Gasteiger partial charge in [0, 0.05) is 5.56 Å². The van der Waals surface area contributed by atoms with Crippen LogP contribution >= 0.6 is 0 Å². The number of halogens is 1. The van der Waals surface area contributed by atoms with Gasteiger partial charge in [0.1, 0.15) is 5.82 Å². The molecule has 0 saturated heterocycles. The second-order valence-corrected chi connectivity index (χ2v) is 2.60. The lowest BCUT2D eigenvalue weighted by atomic mass is 10.0. The zero-order valence-electron chi connectivity index (χ0n) is 6.97. The van der Waals surface area contributed by atoms with Gasteiger partial charge in [0.05, 0.1) is 11.6 Å². The number of hydrogen-bond donors (Lipinski definition) is 1. The zero-order valence-corrected chi connectivity index (χ0v) is 6.97. The van der Waals surface area contributed by atoms with Crippen molar-refractivity contribution < 1.29 is 9.18 Å². The number of nitrogens with two attached hydrogens (primary N) is 1. The molecule has 0 spiro atoms. The van der Waals surface area contributed by atoms with E-state index in [-0.39, 0.29) is 11.1 Å². The molecule has 0 aliphatic heterocycles. The topological polar surface area (TPSA) is 66.9 Å². The largest absolute Gasteiger partial charge is 0.366 e. The highest BCUT2D eigenvalue weighted by atomic mass is 19.1. The summed E-state index contributed by atoms with van der Waals surface area (Å²) in [6.07, 6.45) is 0. The van der Waals surface area contributed by atoms with Crippen LogP contribution in [0.1, 0.15) is 21.5 Å². The summed E-state index contributed by atoms with van der Waals surface area (Å²) >= 11 is 0. The van der Waals surface area contributed by atoms with Gasteiger partial charge in [-0.25, -0.2) is 4.39 Å². The zero-order chi connectivity index (χ0) is 10.0. The summed E-state index contributed by atoms with van der Waals surface area (Å²) in [7, 11) is 0. The predicted molar refractivity (Wildman–Crippen MR) is 44.4 cm³/mol. The Morgan fingerprint density at radius 2 is 2.23 bits per heavy atom. The standard InChI is InChI=1S/C9H7FN2O/c1-5-6(4-11)2-7(10)3-8(5)9(12)13/h2-3H,1H3,(H2,12,13). The first-order chi connectivity index (χ1) is 6.06. The first-order valence-corrected chi connectivity index (χ1v) is 3.56. The van der Waals surface area contributed by atoms with Crippen LogP contribution in [0.5, 0.6) is 0 Å². The number of nitriles is 1. The van der Waals surface area contributed by atoms with E-state index in [9.17, 15) is 9.18 Å². The van der Waals surface area contributed by atoms with Gasteiger partial charge in [0.25, 0.3) is 0 Å². The number of benzene rings is 1. The van der Waals surface area contributed by atoms with E-state index in [0.717, 1.165) is 12.1 Å². The maximum Gasteiger partial charge on any atom is 0.249 e. The molecular formula is C9H7FN2O. The molecule has 66 valence electrons. The highest BCUT2D eigenvalue weighted by Crippen LogP contribution is 2.14. The van der Waals surface area contributed by atoms with Gasteiger partial charge < -0.3 is 5.73 Å². The van der Waals surface area contributed by atoms with E-state index >= 15 is 0 Å². The predicted octanol–water partition coefficient (Wildman–Crippen LogP) is 1.10. The van der Waals surface area contributed by atoms with Crippen LogP contribution in [0.3, 0.4) is 0 Å². The maximum absolute atomic E-state index is 12.8. The smallest absolute Gasteiger partial charge is 0.249 e. The molecule has 0 heterocycles. The fourth-order valence-electron chi connectivity index (χ4n) is 1.05. The Morgan fingerprint density at radius 1 is 1.62 bits per heavy atom. The average molecular weight is 178 g/mol. The third-order valence-electron chi connectivity index (χ3n) is 1.76. The molecule has 1 aromatic carbocycles. The molecule has 2 N–H and O–H groups in total. The van der Waals surface area contributed by atoms with Gasteiger partial charge in [-0.15, -0.1) is 0 Å². The lowest BCUT2D eigenvalue weighted by Gasteiger charge is -2.02. The van der Waals surface area contributed by atoms with Gasteiger partial charge in [0.2, 0.25) is 5.91 Å². The Labute approximate surface area is 74.6 Å².